The minimum atomic E-state index is -0.449. The average molecular weight is 452 g/mol. The summed E-state index contributed by atoms with van der Waals surface area (Å²) < 4.78 is 12.0. The molecule has 0 fully saturated rings. The summed E-state index contributed by atoms with van der Waals surface area (Å²) in [6, 6.07) is 20.1. The van der Waals surface area contributed by atoms with Crippen LogP contribution in [-0.4, -0.2) is 23.6 Å². The van der Waals surface area contributed by atoms with Gasteiger partial charge in [-0.15, -0.1) is 0 Å². The second-order valence-corrected chi connectivity index (χ2v) is 7.30. The van der Waals surface area contributed by atoms with Gasteiger partial charge in [-0.1, -0.05) is 30.3 Å². The van der Waals surface area contributed by atoms with Crippen molar-refractivity contribution in [3.63, 3.8) is 0 Å². The van der Waals surface area contributed by atoms with E-state index in [-0.39, 0.29) is 0 Å². The molecule has 0 spiro atoms. The van der Waals surface area contributed by atoms with Crippen molar-refractivity contribution in [2.75, 3.05) is 9.80 Å². The van der Waals surface area contributed by atoms with Gasteiger partial charge in [0.05, 0.1) is 11.4 Å². The highest BCUT2D eigenvalue weighted by Crippen LogP contribution is 2.37. The standard InChI is InChI=1S/C26H16N2O6/c29-23-12-13-24(30)27(23)19-8-1-3-10-21(19)33-17-6-5-7-18(16-17)34-22-11-4-2-9-20(22)28-25(31)14-15-26(28)32/h1-16H. The second-order valence-electron chi connectivity index (χ2n) is 7.30. The molecule has 166 valence electrons. The summed E-state index contributed by atoms with van der Waals surface area (Å²) in [7, 11) is 0. The third-order valence-electron chi connectivity index (χ3n) is 5.09. The van der Waals surface area contributed by atoms with E-state index in [0.717, 1.165) is 9.80 Å². The van der Waals surface area contributed by atoms with Gasteiger partial charge < -0.3 is 9.47 Å². The summed E-state index contributed by atoms with van der Waals surface area (Å²) in [6.07, 6.45) is 4.82. The summed E-state index contributed by atoms with van der Waals surface area (Å²) in [4.78, 5) is 50.5. The van der Waals surface area contributed by atoms with Crippen molar-refractivity contribution in [2.24, 2.45) is 0 Å². The van der Waals surface area contributed by atoms with E-state index in [0.29, 0.717) is 34.4 Å². The number of ether oxygens (including phenoxy) is 2. The molecule has 0 aromatic heterocycles. The zero-order valence-electron chi connectivity index (χ0n) is 17.6. The molecule has 8 nitrogen and oxygen atoms in total. The molecular weight excluding hydrogens is 436 g/mol. The van der Waals surface area contributed by atoms with Crippen molar-refractivity contribution in [2.45, 2.75) is 0 Å². The molecule has 0 bridgehead atoms. The minimum absolute atomic E-state index is 0.310. The molecule has 0 saturated heterocycles. The Labute approximate surface area is 193 Å². The minimum Gasteiger partial charge on any atom is -0.455 e. The summed E-state index contributed by atoms with van der Waals surface area (Å²) in [6.45, 7) is 0. The lowest BCUT2D eigenvalue weighted by Gasteiger charge is -2.19. The highest BCUT2D eigenvalue weighted by atomic mass is 16.5. The Bertz CT molecular complexity index is 1270. The van der Waals surface area contributed by atoms with Crippen LogP contribution < -0.4 is 19.3 Å². The van der Waals surface area contributed by atoms with Crippen molar-refractivity contribution in [3.8, 4) is 23.0 Å². The molecule has 0 unspecified atom stereocenters. The number of hydrogen-bond acceptors (Lipinski definition) is 6. The number of carbonyl (C=O) groups is 4. The maximum Gasteiger partial charge on any atom is 0.258 e. The maximum absolute atomic E-state index is 12.1. The van der Waals surface area contributed by atoms with E-state index in [9.17, 15) is 19.2 Å². The number of rotatable bonds is 6. The molecule has 4 amide bonds. The molecule has 8 heteroatoms. The van der Waals surface area contributed by atoms with E-state index in [1.807, 2.05) is 0 Å². The molecule has 3 aromatic carbocycles. The third kappa shape index (κ3) is 3.84. The summed E-state index contributed by atoms with van der Waals surface area (Å²) in [5.41, 5.74) is 0.635. The van der Waals surface area contributed by atoms with Gasteiger partial charge in [0, 0.05) is 30.4 Å². The van der Waals surface area contributed by atoms with Gasteiger partial charge in [0.1, 0.15) is 11.5 Å². The van der Waals surface area contributed by atoms with E-state index in [4.69, 9.17) is 9.47 Å². The first-order valence-corrected chi connectivity index (χ1v) is 10.3. The van der Waals surface area contributed by atoms with E-state index >= 15 is 0 Å². The van der Waals surface area contributed by atoms with Gasteiger partial charge in [0.25, 0.3) is 23.6 Å². The first-order chi connectivity index (χ1) is 16.5. The predicted molar refractivity (Wildman–Crippen MR) is 123 cm³/mol. The third-order valence-corrected chi connectivity index (χ3v) is 5.09. The van der Waals surface area contributed by atoms with Crippen molar-refractivity contribution >= 4 is 35.0 Å². The Morgan fingerprint density at radius 1 is 0.471 bits per heavy atom. The molecule has 34 heavy (non-hydrogen) atoms. The van der Waals surface area contributed by atoms with Crippen LogP contribution in [-0.2, 0) is 19.2 Å². The first kappa shape index (κ1) is 20.9. The predicted octanol–water partition coefficient (Wildman–Crippen LogP) is 4.13. The van der Waals surface area contributed by atoms with E-state index < -0.39 is 23.6 Å². The number of benzene rings is 3. The molecule has 2 aliphatic rings. The zero-order valence-corrected chi connectivity index (χ0v) is 17.6. The van der Waals surface area contributed by atoms with Crippen LogP contribution in [0.4, 0.5) is 11.4 Å². The molecule has 0 radical (unpaired) electrons. The number of hydrogen-bond donors (Lipinski definition) is 0. The highest BCUT2D eigenvalue weighted by molar-refractivity contribution is 6.29. The van der Waals surface area contributed by atoms with Crippen molar-refractivity contribution in [1.29, 1.82) is 0 Å². The van der Waals surface area contributed by atoms with Gasteiger partial charge in [0.15, 0.2) is 11.5 Å². The highest BCUT2D eigenvalue weighted by Gasteiger charge is 2.29. The second kappa shape index (κ2) is 8.51. The van der Waals surface area contributed by atoms with E-state index in [1.165, 1.54) is 24.3 Å². The molecule has 5 rings (SSSR count). The summed E-state index contributed by atoms with van der Waals surface area (Å²) >= 11 is 0. The van der Waals surface area contributed by atoms with Gasteiger partial charge in [-0.05, 0) is 36.4 Å². The molecule has 0 saturated carbocycles. The Balaban J connectivity index is 1.41. The molecule has 0 atom stereocenters. The quantitative estimate of drug-likeness (QED) is 0.522. The molecule has 0 aliphatic carbocycles. The molecule has 0 N–H and O–H groups in total. The van der Waals surface area contributed by atoms with Gasteiger partial charge >= 0.3 is 0 Å². The zero-order chi connectivity index (χ0) is 23.7. The summed E-state index contributed by atoms with van der Waals surface area (Å²) in [5, 5.41) is 0. The molecule has 3 aromatic rings. The van der Waals surface area contributed by atoms with Gasteiger partial charge in [0.2, 0.25) is 0 Å². The van der Waals surface area contributed by atoms with E-state index in [2.05, 4.69) is 0 Å². The van der Waals surface area contributed by atoms with Crippen LogP contribution in [0.15, 0.2) is 97.1 Å². The first-order valence-electron chi connectivity index (χ1n) is 10.3. The molecular formula is C26H16N2O6. The smallest absolute Gasteiger partial charge is 0.258 e. The van der Waals surface area contributed by atoms with Crippen LogP contribution >= 0.6 is 0 Å². The van der Waals surface area contributed by atoms with Gasteiger partial charge in [-0.25, -0.2) is 9.80 Å². The number of para-hydroxylation sites is 4. The lowest BCUT2D eigenvalue weighted by atomic mass is 10.2. The number of anilines is 2. The topological polar surface area (TPSA) is 93.2 Å². The van der Waals surface area contributed by atoms with Crippen molar-refractivity contribution in [1.82, 2.24) is 0 Å². The fraction of sp³-hybridized carbons (Fsp3) is 0. The van der Waals surface area contributed by atoms with Gasteiger partial charge in [-0.2, -0.15) is 0 Å². The van der Waals surface area contributed by atoms with Crippen LogP contribution in [0, 0.1) is 0 Å². The van der Waals surface area contributed by atoms with Crippen LogP contribution in [0.2, 0.25) is 0 Å². The van der Waals surface area contributed by atoms with Crippen LogP contribution in [0.1, 0.15) is 0 Å². The normalized spacial score (nSPS) is 14.9. The fourth-order valence-electron chi connectivity index (χ4n) is 3.59. The SMILES string of the molecule is O=C1C=CC(=O)N1c1ccccc1Oc1cccc(Oc2ccccc2N2C(=O)C=CC2=O)c1. The van der Waals surface area contributed by atoms with Crippen LogP contribution in [0.5, 0.6) is 23.0 Å². The Hall–Kier alpha value is -4.98. The Morgan fingerprint density at radius 2 is 0.853 bits per heavy atom. The maximum atomic E-state index is 12.1. The number of carbonyl (C=O) groups excluding carboxylic acids is 4. The number of imide groups is 2. The van der Waals surface area contributed by atoms with Crippen molar-refractivity contribution in [3.05, 3.63) is 97.1 Å². The monoisotopic (exact) mass is 452 g/mol. The Morgan fingerprint density at radius 3 is 1.26 bits per heavy atom. The van der Waals surface area contributed by atoms with E-state index in [1.54, 1.807) is 72.8 Å². The average Bonchev–Trinajstić information content (AvgIpc) is 3.35. The summed E-state index contributed by atoms with van der Waals surface area (Å²) in [5.74, 6) is -0.389. The number of amides is 4. The number of nitrogens with zero attached hydrogens (tertiary/aromatic N) is 2. The molecule has 2 aliphatic heterocycles. The largest absolute Gasteiger partial charge is 0.455 e. The Kier molecular flexibility index (Phi) is 5.23. The molecule has 2 heterocycles. The lowest BCUT2D eigenvalue weighted by molar-refractivity contribution is -0.121. The van der Waals surface area contributed by atoms with Crippen LogP contribution in [0.25, 0.3) is 0 Å². The lowest BCUT2D eigenvalue weighted by Crippen LogP contribution is -2.29. The fourth-order valence-corrected chi connectivity index (χ4v) is 3.59. The van der Waals surface area contributed by atoms with Crippen molar-refractivity contribution < 1.29 is 28.7 Å². The van der Waals surface area contributed by atoms with Crippen LogP contribution in [0.3, 0.4) is 0 Å². The van der Waals surface area contributed by atoms with Gasteiger partial charge in [-0.3, -0.25) is 19.2 Å².